The summed E-state index contributed by atoms with van der Waals surface area (Å²) < 4.78 is 0. The standard InChI is InChI=1S/C17H16N4S/c1-10-9-22-17(18-10)16-15-14(19-11(2)20-16)8-13(21-15)12-6-4-3-5-7-12/h3-8,10,21H,9H2,1-2H3. The summed E-state index contributed by atoms with van der Waals surface area (Å²) in [4.78, 5) is 17.4. The highest BCUT2D eigenvalue weighted by Crippen LogP contribution is 2.29. The molecule has 1 aliphatic heterocycles. The van der Waals surface area contributed by atoms with E-state index in [4.69, 9.17) is 4.99 Å². The first-order valence-corrected chi connectivity index (χ1v) is 8.33. The third kappa shape index (κ3) is 2.31. The van der Waals surface area contributed by atoms with Crippen LogP contribution in [0.2, 0.25) is 0 Å². The van der Waals surface area contributed by atoms with Gasteiger partial charge in [-0.2, -0.15) is 0 Å². The number of nitrogens with zero attached hydrogens (tertiary/aromatic N) is 3. The molecule has 5 heteroatoms. The summed E-state index contributed by atoms with van der Waals surface area (Å²) in [5, 5.41) is 1.02. The van der Waals surface area contributed by atoms with Crippen LogP contribution in [0.15, 0.2) is 41.4 Å². The van der Waals surface area contributed by atoms with Gasteiger partial charge in [-0.3, -0.25) is 4.99 Å². The maximum absolute atomic E-state index is 4.70. The monoisotopic (exact) mass is 308 g/mol. The smallest absolute Gasteiger partial charge is 0.126 e. The molecule has 4 nitrogen and oxygen atoms in total. The van der Waals surface area contributed by atoms with Crippen molar-refractivity contribution in [2.45, 2.75) is 19.9 Å². The zero-order chi connectivity index (χ0) is 15.1. The van der Waals surface area contributed by atoms with Crippen molar-refractivity contribution in [2.75, 3.05) is 5.75 Å². The second-order valence-corrected chi connectivity index (χ2v) is 6.53. The Morgan fingerprint density at radius 3 is 2.73 bits per heavy atom. The number of H-pyrrole nitrogens is 1. The molecule has 1 atom stereocenters. The van der Waals surface area contributed by atoms with Crippen LogP contribution in [-0.2, 0) is 0 Å². The predicted octanol–water partition coefficient (Wildman–Crippen LogP) is 3.82. The molecule has 0 spiro atoms. The average molecular weight is 308 g/mol. The first-order valence-electron chi connectivity index (χ1n) is 7.34. The van der Waals surface area contributed by atoms with Crippen molar-refractivity contribution in [1.82, 2.24) is 15.0 Å². The van der Waals surface area contributed by atoms with Crippen molar-refractivity contribution in [3.05, 3.63) is 47.9 Å². The summed E-state index contributed by atoms with van der Waals surface area (Å²) in [6.45, 7) is 4.07. The molecule has 0 saturated carbocycles. The van der Waals surface area contributed by atoms with E-state index in [1.165, 1.54) is 0 Å². The molecule has 3 aromatic rings. The van der Waals surface area contributed by atoms with E-state index in [0.717, 1.165) is 44.6 Å². The van der Waals surface area contributed by atoms with Crippen LogP contribution in [0.25, 0.3) is 22.3 Å². The zero-order valence-corrected chi connectivity index (χ0v) is 13.3. The molecule has 0 bridgehead atoms. The zero-order valence-electron chi connectivity index (χ0n) is 12.5. The first-order chi connectivity index (χ1) is 10.7. The summed E-state index contributed by atoms with van der Waals surface area (Å²) in [7, 11) is 0. The van der Waals surface area contributed by atoms with E-state index < -0.39 is 0 Å². The fourth-order valence-corrected chi connectivity index (χ4v) is 3.67. The van der Waals surface area contributed by atoms with Gasteiger partial charge in [-0.05, 0) is 25.5 Å². The topological polar surface area (TPSA) is 53.9 Å². The van der Waals surface area contributed by atoms with Crippen LogP contribution in [-0.4, -0.2) is 31.8 Å². The fourth-order valence-electron chi connectivity index (χ4n) is 2.66. The van der Waals surface area contributed by atoms with Crippen molar-refractivity contribution in [3.8, 4) is 11.3 Å². The summed E-state index contributed by atoms with van der Waals surface area (Å²) >= 11 is 1.77. The predicted molar refractivity (Wildman–Crippen MR) is 92.5 cm³/mol. The van der Waals surface area contributed by atoms with Gasteiger partial charge < -0.3 is 4.98 Å². The molecule has 22 heavy (non-hydrogen) atoms. The molecule has 1 N–H and O–H groups in total. The van der Waals surface area contributed by atoms with E-state index in [-0.39, 0.29) is 0 Å². The Labute approximate surface area is 133 Å². The Bertz CT molecular complexity index is 867. The Hall–Kier alpha value is -2.14. The van der Waals surface area contributed by atoms with Crippen LogP contribution in [0.3, 0.4) is 0 Å². The minimum atomic E-state index is 0.355. The van der Waals surface area contributed by atoms with Crippen molar-refractivity contribution in [2.24, 2.45) is 4.99 Å². The normalized spacial score (nSPS) is 17.9. The average Bonchev–Trinajstić information content (AvgIpc) is 3.13. The van der Waals surface area contributed by atoms with Crippen LogP contribution < -0.4 is 0 Å². The van der Waals surface area contributed by atoms with Gasteiger partial charge in [-0.1, -0.05) is 30.3 Å². The summed E-state index contributed by atoms with van der Waals surface area (Å²) in [5.74, 6) is 1.80. The summed E-state index contributed by atoms with van der Waals surface area (Å²) in [5.41, 5.74) is 5.07. The number of fused-ring (bicyclic) bond motifs is 1. The summed E-state index contributed by atoms with van der Waals surface area (Å²) in [6, 6.07) is 12.7. The molecule has 3 heterocycles. The number of nitrogens with one attached hydrogen (secondary N) is 1. The number of benzene rings is 1. The van der Waals surface area contributed by atoms with E-state index >= 15 is 0 Å². The molecule has 1 aliphatic rings. The Balaban J connectivity index is 1.91. The number of aryl methyl sites for hydroxylation is 1. The highest BCUT2D eigenvalue weighted by Gasteiger charge is 2.21. The second-order valence-electron chi connectivity index (χ2n) is 5.52. The van der Waals surface area contributed by atoms with E-state index in [2.05, 4.69) is 40.1 Å². The van der Waals surface area contributed by atoms with Gasteiger partial charge in [0.1, 0.15) is 16.6 Å². The highest BCUT2D eigenvalue weighted by atomic mass is 32.2. The SMILES string of the molecule is Cc1nc(C2=NC(C)CS2)c2[nH]c(-c3ccccc3)cc2n1. The quantitative estimate of drug-likeness (QED) is 0.783. The van der Waals surface area contributed by atoms with Crippen LogP contribution in [0.1, 0.15) is 18.4 Å². The molecule has 4 rings (SSSR count). The number of aromatic amines is 1. The lowest BCUT2D eigenvalue weighted by atomic mass is 10.2. The van der Waals surface area contributed by atoms with Crippen molar-refractivity contribution in [3.63, 3.8) is 0 Å². The van der Waals surface area contributed by atoms with Gasteiger partial charge >= 0.3 is 0 Å². The molecular weight excluding hydrogens is 292 g/mol. The number of rotatable bonds is 2. The van der Waals surface area contributed by atoms with Crippen LogP contribution in [0.5, 0.6) is 0 Å². The van der Waals surface area contributed by atoms with Gasteiger partial charge in [-0.15, -0.1) is 11.8 Å². The number of hydrogen-bond donors (Lipinski definition) is 1. The third-order valence-electron chi connectivity index (χ3n) is 3.68. The lowest BCUT2D eigenvalue weighted by Crippen LogP contribution is -2.02. The summed E-state index contributed by atoms with van der Waals surface area (Å²) in [6.07, 6.45) is 0. The van der Waals surface area contributed by atoms with Crippen molar-refractivity contribution < 1.29 is 0 Å². The van der Waals surface area contributed by atoms with Gasteiger partial charge in [-0.25, -0.2) is 9.97 Å². The van der Waals surface area contributed by atoms with Gasteiger partial charge in [0.25, 0.3) is 0 Å². The number of thioether (sulfide) groups is 1. The number of aromatic nitrogens is 3. The third-order valence-corrected chi connectivity index (χ3v) is 4.90. The van der Waals surface area contributed by atoms with Crippen LogP contribution in [0, 0.1) is 6.92 Å². The van der Waals surface area contributed by atoms with E-state index in [1.807, 2.05) is 25.1 Å². The van der Waals surface area contributed by atoms with Crippen LogP contribution in [0.4, 0.5) is 0 Å². The van der Waals surface area contributed by atoms with E-state index in [0.29, 0.717) is 6.04 Å². The molecule has 110 valence electrons. The maximum atomic E-state index is 4.70. The molecule has 0 radical (unpaired) electrons. The largest absolute Gasteiger partial charge is 0.351 e. The molecule has 2 aromatic heterocycles. The molecule has 0 amide bonds. The fraction of sp³-hybridized carbons (Fsp3) is 0.235. The van der Waals surface area contributed by atoms with Gasteiger partial charge in [0.2, 0.25) is 0 Å². The molecule has 0 saturated heterocycles. The lowest BCUT2D eigenvalue weighted by Gasteiger charge is -2.02. The minimum absolute atomic E-state index is 0.355. The first kappa shape index (κ1) is 13.5. The Morgan fingerprint density at radius 2 is 2.00 bits per heavy atom. The maximum Gasteiger partial charge on any atom is 0.126 e. The number of hydrogen-bond acceptors (Lipinski definition) is 4. The van der Waals surface area contributed by atoms with E-state index in [9.17, 15) is 0 Å². The molecule has 0 fully saturated rings. The molecule has 1 unspecified atom stereocenters. The van der Waals surface area contributed by atoms with Crippen molar-refractivity contribution >= 4 is 27.8 Å². The van der Waals surface area contributed by atoms with Gasteiger partial charge in [0, 0.05) is 11.4 Å². The van der Waals surface area contributed by atoms with Crippen molar-refractivity contribution in [1.29, 1.82) is 0 Å². The van der Waals surface area contributed by atoms with Gasteiger partial charge in [0.05, 0.1) is 17.1 Å². The lowest BCUT2D eigenvalue weighted by molar-refractivity contribution is 0.864. The van der Waals surface area contributed by atoms with Gasteiger partial charge in [0.15, 0.2) is 0 Å². The number of aliphatic imine (C=N–C) groups is 1. The molecule has 1 aromatic carbocycles. The Morgan fingerprint density at radius 1 is 1.18 bits per heavy atom. The van der Waals surface area contributed by atoms with E-state index in [1.54, 1.807) is 11.8 Å². The highest BCUT2D eigenvalue weighted by molar-refractivity contribution is 8.14. The minimum Gasteiger partial charge on any atom is -0.351 e. The molecule has 0 aliphatic carbocycles. The Kier molecular flexibility index (Phi) is 3.22. The molecular formula is C17H16N4S. The van der Waals surface area contributed by atoms with Crippen LogP contribution >= 0.6 is 11.8 Å². The second kappa shape index (κ2) is 5.25.